The molecule has 2 amide bonds. The number of fused-ring (bicyclic) bond motifs is 1. The van der Waals surface area contributed by atoms with E-state index >= 15 is 0 Å². The average molecular weight is 341 g/mol. The van der Waals surface area contributed by atoms with Crippen molar-refractivity contribution in [3.8, 4) is 0 Å². The molecule has 2 aliphatic rings. The van der Waals surface area contributed by atoms with Crippen molar-refractivity contribution in [2.45, 2.75) is 12.8 Å². The number of hydrogen-bond donors (Lipinski definition) is 0. The number of piperazine rings is 1. The van der Waals surface area contributed by atoms with Gasteiger partial charge in [-0.2, -0.15) is 0 Å². The van der Waals surface area contributed by atoms with Gasteiger partial charge in [0.05, 0.1) is 5.52 Å². The minimum Gasteiger partial charge on any atom is -0.336 e. The van der Waals surface area contributed by atoms with Crippen molar-refractivity contribution in [3.63, 3.8) is 0 Å². The standard InChI is InChI=1S/C18H23N5O2/c1-20-10-12-22(13-11-20)17(24)15-14-6-2-3-9-23(14)16(19-15)18(25)21-7-4-5-8-21/h2-3,6,9H,4-5,7-8,10-13H2,1H3. The summed E-state index contributed by atoms with van der Waals surface area (Å²) in [5.74, 6) is 0.170. The molecule has 132 valence electrons. The smallest absolute Gasteiger partial charge is 0.290 e. The van der Waals surface area contributed by atoms with Gasteiger partial charge in [-0.25, -0.2) is 4.98 Å². The highest BCUT2D eigenvalue weighted by Crippen LogP contribution is 2.19. The predicted octanol–water partition coefficient (Wildman–Crippen LogP) is 0.958. The van der Waals surface area contributed by atoms with Crippen LogP contribution >= 0.6 is 0 Å². The van der Waals surface area contributed by atoms with E-state index in [0.717, 1.165) is 39.0 Å². The first-order valence-corrected chi connectivity index (χ1v) is 8.89. The Kier molecular flexibility index (Phi) is 4.17. The van der Waals surface area contributed by atoms with E-state index in [1.807, 2.05) is 34.2 Å². The second kappa shape index (κ2) is 6.48. The van der Waals surface area contributed by atoms with E-state index in [0.29, 0.717) is 30.1 Å². The summed E-state index contributed by atoms with van der Waals surface area (Å²) in [7, 11) is 2.06. The Bertz CT molecular complexity index is 801. The summed E-state index contributed by atoms with van der Waals surface area (Å²) >= 11 is 0. The maximum Gasteiger partial charge on any atom is 0.290 e. The predicted molar refractivity (Wildman–Crippen MR) is 93.7 cm³/mol. The number of pyridine rings is 1. The third-order valence-electron chi connectivity index (χ3n) is 5.13. The van der Waals surface area contributed by atoms with Crippen LogP contribution in [0.15, 0.2) is 24.4 Å². The lowest BCUT2D eigenvalue weighted by molar-refractivity contribution is 0.0660. The Morgan fingerprint density at radius 1 is 0.920 bits per heavy atom. The fourth-order valence-electron chi connectivity index (χ4n) is 3.57. The van der Waals surface area contributed by atoms with Crippen LogP contribution in [-0.4, -0.2) is 82.2 Å². The van der Waals surface area contributed by atoms with Crippen LogP contribution in [0.4, 0.5) is 0 Å². The number of nitrogens with zero attached hydrogens (tertiary/aromatic N) is 5. The highest BCUT2D eigenvalue weighted by atomic mass is 16.2. The molecule has 2 aromatic heterocycles. The molecule has 4 heterocycles. The summed E-state index contributed by atoms with van der Waals surface area (Å²) in [6.07, 6.45) is 3.87. The van der Waals surface area contributed by atoms with Crippen molar-refractivity contribution in [2.75, 3.05) is 46.3 Å². The fraction of sp³-hybridized carbons (Fsp3) is 0.500. The normalized spacial score (nSPS) is 18.9. The van der Waals surface area contributed by atoms with E-state index < -0.39 is 0 Å². The number of likely N-dealkylation sites (N-methyl/N-ethyl adjacent to an activating group) is 1. The molecular weight excluding hydrogens is 318 g/mol. The van der Waals surface area contributed by atoms with Gasteiger partial charge in [-0.1, -0.05) is 6.07 Å². The SMILES string of the molecule is CN1CCN(C(=O)c2nc(C(=O)N3CCCC3)n3ccccc23)CC1. The zero-order valence-corrected chi connectivity index (χ0v) is 14.5. The van der Waals surface area contributed by atoms with Gasteiger partial charge in [0.1, 0.15) is 0 Å². The number of carbonyl (C=O) groups excluding carboxylic acids is 2. The van der Waals surface area contributed by atoms with Crippen molar-refractivity contribution in [1.29, 1.82) is 0 Å². The molecule has 4 rings (SSSR count). The molecule has 2 aliphatic heterocycles. The minimum absolute atomic E-state index is 0.0859. The van der Waals surface area contributed by atoms with Gasteiger partial charge in [0.25, 0.3) is 11.8 Å². The highest BCUT2D eigenvalue weighted by molar-refractivity contribution is 6.02. The molecule has 2 aromatic rings. The van der Waals surface area contributed by atoms with Gasteiger partial charge in [0, 0.05) is 45.5 Å². The summed E-state index contributed by atoms with van der Waals surface area (Å²) in [5, 5.41) is 0. The Balaban J connectivity index is 1.69. The molecule has 7 nitrogen and oxygen atoms in total. The first kappa shape index (κ1) is 16.1. The molecule has 0 radical (unpaired) electrons. The van der Waals surface area contributed by atoms with Crippen LogP contribution < -0.4 is 0 Å². The maximum absolute atomic E-state index is 13.0. The lowest BCUT2D eigenvalue weighted by atomic mass is 10.2. The molecule has 0 saturated carbocycles. The van der Waals surface area contributed by atoms with Crippen LogP contribution in [0.3, 0.4) is 0 Å². The van der Waals surface area contributed by atoms with Crippen molar-refractivity contribution in [2.24, 2.45) is 0 Å². The van der Waals surface area contributed by atoms with E-state index in [4.69, 9.17) is 0 Å². The highest BCUT2D eigenvalue weighted by Gasteiger charge is 2.29. The summed E-state index contributed by atoms with van der Waals surface area (Å²) < 4.78 is 1.75. The van der Waals surface area contributed by atoms with Gasteiger partial charge in [-0.15, -0.1) is 0 Å². The lowest BCUT2D eigenvalue weighted by Crippen LogP contribution is -2.47. The van der Waals surface area contributed by atoms with Gasteiger partial charge in [-0.3, -0.25) is 14.0 Å². The first-order valence-electron chi connectivity index (χ1n) is 8.89. The summed E-state index contributed by atoms with van der Waals surface area (Å²) in [5.41, 5.74) is 1.08. The molecule has 0 unspecified atom stereocenters. The third-order valence-corrected chi connectivity index (χ3v) is 5.13. The van der Waals surface area contributed by atoms with Crippen LogP contribution in [0.25, 0.3) is 5.52 Å². The molecule has 0 aromatic carbocycles. The number of likely N-dealkylation sites (tertiary alicyclic amines) is 1. The number of aromatic nitrogens is 2. The van der Waals surface area contributed by atoms with Gasteiger partial charge in [0.15, 0.2) is 5.69 Å². The number of carbonyl (C=O) groups is 2. The molecule has 7 heteroatoms. The van der Waals surface area contributed by atoms with Crippen molar-refractivity contribution < 1.29 is 9.59 Å². The molecule has 25 heavy (non-hydrogen) atoms. The average Bonchev–Trinajstić information content (AvgIpc) is 3.29. The minimum atomic E-state index is -0.0869. The number of amides is 2. The van der Waals surface area contributed by atoms with Crippen LogP contribution in [-0.2, 0) is 0 Å². The fourth-order valence-corrected chi connectivity index (χ4v) is 3.57. The second-order valence-electron chi connectivity index (χ2n) is 6.83. The Morgan fingerprint density at radius 3 is 2.32 bits per heavy atom. The largest absolute Gasteiger partial charge is 0.336 e. The van der Waals surface area contributed by atoms with Gasteiger partial charge in [-0.05, 0) is 32.0 Å². The molecule has 0 N–H and O–H groups in total. The number of rotatable bonds is 2. The molecule has 0 aliphatic carbocycles. The Hall–Kier alpha value is -2.41. The lowest BCUT2D eigenvalue weighted by Gasteiger charge is -2.32. The van der Waals surface area contributed by atoms with Crippen LogP contribution in [0, 0.1) is 0 Å². The van der Waals surface area contributed by atoms with Crippen LogP contribution in [0.1, 0.15) is 33.9 Å². The van der Waals surface area contributed by atoms with Crippen LogP contribution in [0.2, 0.25) is 0 Å². The molecule has 0 bridgehead atoms. The van der Waals surface area contributed by atoms with Crippen LogP contribution in [0.5, 0.6) is 0 Å². The van der Waals surface area contributed by atoms with E-state index in [1.165, 1.54) is 0 Å². The zero-order chi connectivity index (χ0) is 17.4. The first-order chi connectivity index (χ1) is 12.1. The van der Waals surface area contributed by atoms with E-state index in [2.05, 4.69) is 16.9 Å². The molecular formula is C18H23N5O2. The van der Waals surface area contributed by atoms with E-state index in [1.54, 1.807) is 4.40 Å². The van der Waals surface area contributed by atoms with Gasteiger partial charge < -0.3 is 14.7 Å². The number of imidazole rings is 1. The quantitative estimate of drug-likeness (QED) is 0.816. The number of hydrogen-bond acceptors (Lipinski definition) is 4. The molecule has 0 atom stereocenters. The Morgan fingerprint density at radius 2 is 1.60 bits per heavy atom. The monoisotopic (exact) mass is 341 g/mol. The maximum atomic E-state index is 13.0. The van der Waals surface area contributed by atoms with E-state index in [9.17, 15) is 9.59 Å². The summed E-state index contributed by atoms with van der Waals surface area (Å²) in [6.45, 7) is 4.63. The second-order valence-corrected chi connectivity index (χ2v) is 6.83. The van der Waals surface area contributed by atoms with Crippen molar-refractivity contribution >= 4 is 17.3 Å². The van der Waals surface area contributed by atoms with Gasteiger partial charge in [0.2, 0.25) is 5.82 Å². The summed E-state index contributed by atoms with van der Waals surface area (Å²) in [4.78, 5) is 36.2. The molecule has 0 spiro atoms. The molecule has 2 saturated heterocycles. The zero-order valence-electron chi connectivity index (χ0n) is 14.5. The van der Waals surface area contributed by atoms with Crippen molar-refractivity contribution in [3.05, 3.63) is 35.9 Å². The topological polar surface area (TPSA) is 61.2 Å². The summed E-state index contributed by atoms with van der Waals surface area (Å²) in [6, 6.07) is 5.60. The molecule has 2 fully saturated rings. The Labute approximate surface area is 146 Å². The van der Waals surface area contributed by atoms with Crippen molar-refractivity contribution in [1.82, 2.24) is 24.1 Å². The van der Waals surface area contributed by atoms with Gasteiger partial charge >= 0.3 is 0 Å². The third kappa shape index (κ3) is 2.89. The van der Waals surface area contributed by atoms with E-state index in [-0.39, 0.29) is 11.8 Å².